The molecule has 1 saturated carbocycles. The molecule has 4 heterocycles. The molecule has 10 heteroatoms. The van der Waals surface area contributed by atoms with Crippen LogP contribution in [0.4, 0.5) is 17.5 Å². The lowest BCUT2D eigenvalue weighted by Crippen LogP contribution is -2.45. The molecule has 37 heavy (non-hydrogen) atoms. The number of hydrogen-bond donors (Lipinski definition) is 3. The molecule has 0 bridgehead atoms. The molecule has 198 valence electrons. The fourth-order valence-corrected chi connectivity index (χ4v) is 8.60. The zero-order chi connectivity index (χ0) is 25.2. The summed E-state index contributed by atoms with van der Waals surface area (Å²) in [5, 5.41) is 8.85. The van der Waals surface area contributed by atoms with Crippen LogP contribution < -0.4 is 20.7 Å². The maximum atomic E-state index is 14.0. The van der Waals surface area contributed by atoms with Crippen molar-refractivity contribution in [2.75, 3.05) is 56.4 Å². The quantitative estimate of drug-likeness (QED) is 0.387. The van der Waals surface area contributed by atoms with Crippen molar-refractivity contribution in [2.24, 2.45) is 0 Å². The van der Waals surface area contributed by atoms with Crippen LogP contribution >= 0.6 is 7.14 Å². The van der Waals surface area contributed by atoms with Crippen LogP contribution in [0.1, 0.15) is 38.5 Å². The maximum Gasteiger partial charge on any atom is 0.231 e. The summed E-state index contributed by atoms with van der Waals surface area (Å²) in [5.74, 6) is 2.00. The van der Waals surface area contributed by atoms with Crippen LogP contribution in [0.3, 0.4) is 0 Å². The van der Waals surface area contributed by atoms with Crippen molar-refractivity contribution in [3.63, 3.8) is 0 Å². The summed E-state index contributed by atoms with van der Waals surface area (Å²) in [6, 6.07) is 8.90. The fraction of sp³-hybridized carbons (Fsp3) is 0.556. The third-order valence-electron chi connectivity index (χ3n) is 8.22. The van der Waals surface area contributed by atoms with E-state index >= 15 is 0 Å². The van der Waals surface area contributed by atoms with E-state index in [0.717, 1.165) is 67.0 Å². The summed E-state index contributed by atoms with van der Waals surface area (Å²) in [7, 11) is -0.824. The SMILES string of the molecule is COc1cc(P2(=O)CCN(C3CCOCC3)CC2)ccc1Nc1nc(NC2CCCC2)c2cc[nH]c2n1. The highest BCUT2D eigenvalue weighted by Gasteiger charge is 2.34. The highest BCUT2D eigenvalue weighted by molar-refractivity contribution is 7.71. The number of nitrogens with one attached hydrogen (secondary N) is 3. The lowest BCUT2D eigenvalue weighted by molar-refractivity contribution is 0.0371. The van der Waals surface area contributed by atoms with Crippen molar-refractivity contribution in [3.8, 4) is 5.75 Å². The third kappa shape index (κ3) is 5.22. The van der Waals surface area contributed by atoms with Crippen molar-refractivity contribution in [1.82, 2.24) is 19.9 Å². The maximum absolute atomic E-state index is 14.0. The Hall–Kier alpha value is -2.61. The average molecular weight is 525 g/mol. The minimum Gasteiger partial charge on any atom is -0.495 e. The number of fused-ring (bicyclic) bond motifs is 1. The van der Waals surface area contributed by atoms with Gasteiger partial charge in [0.2, 0.25) is 5.95 Å². The summed E-state index contributed by atoms with van der Waals surface area (Å²) in [4.78, 5) is 15.2. The Morgan fingerprint density at radius 3 is 2.62 bits per heavy atom. The predicted molar refractivity (Wildman–Crippen MR) is 148 cm³/mol. The van der Waals surface area contributed by atoms with E-state index in [9.17, 15) is 4.57 Å². The van der Waals surface area contributed by atoms with Gasteiger partial charge in [-0.15, -0.1) is 0 Å². The monoisotopic (exact) mass is 524 g/mol. The Morgan fingerprint density at radius 1 is 1.08 bits per heavy atom. The van der Waals surface area contributed by atoms with Gasteiger partial charge in [0.1, 0.15) is 24.4 Å². The van der Waals surface area contributed by atoms with E-state index in [4.69, 9.17) is 14.5 Å². The molecule has 0 amide bonds. The molecule has 0 unspecified atom stereocenters. The topological polar surface area (TPSA) is 104 Å². The van der Waals surface area contributed by atoms with Crippen molar-refractivity contribution in [3.05, 3.63) is 30.5 Å². The van der Waals surface area contributed by atoms with E-state index in [2.05, 4.69) is 25.5 Å². The van der Waals surface area contributed by atoms with Gasteiger partial charge in [-0.05, 0) is 49.9 Å². The van der Waals surface area contributed by atoms with Gasteiger partial charge < -0.3 is 29.7 Å². The van der Waals surface area contributed by atoms with Crippen LogP contribution in [0, 0.1) is 0 Å². The van der Waals surface area contributed by atoms with Gasteiger partial charge in [0, 0.05) is 62.2 Å². The highest BCUT2D eigenvalue weighted by atomic mass is 31.2. The number of aromatic amines is 1. The van der Waals surface area contributed by atoms with Crippen LogP contribution in [0.25, 0.3) is 11.0 Å². The number of aromatic nitrogens is 3. The second kappa shape index (κ2) is 10.6. The average Bonchev–Trinajstić information content (AvgIpc) is 3.62. The second-order valence-electron chi connectivity index (χ2n) is 10.5. The van der Waals surface area contributed by atoms with E-state index in [0.29, 0.717) is 36.1 Å². The Balaban J connectivity index is 1.19. The number of nitrogens with zero attached hydrogens (tertiary/aromatic N) is 3. The summed E-state index contributed by atoms with van der Waals surface area (Å²) < 4.78 is 25.2. The molecule has 2 saturated heterocycles. The fourth-order valence-electron chi connectivity index (χ4n) is 6.00. The Bertz CT molecular complexity index is 1270. The zero-order valence-corrected chi connectivity index (χ0v) is 22.4. The molecule has 2 aromatic heterocycles. The molecule has 6 rings (SSSR count). The minimum absolute atomic E-state index is 0.449. The van der Waals surface area contributed by atoms with Gasteiger partial charge in [0.05, 0.1) is 18.2 Å². The van der Waals surface area contributed by atoms with Crippen molar-refractivity contribution in [1.29, 1.82) is 0 Å². The zero-order valence-electron chi connectivity index (χ0n) is 21.5. The van der Waals surface area contributed by atoms with Gasteiger partial charge in [0.25, 0.3) is 0 Å². The van der Waals surface area contributed by atoms with E-state index < -0.39 is 7.14 Å². The first-order valence-corrected chi connectivity index (χ1v) is 15.7. The number of anilines is 3. The van der Waals surface area contributed by atoms with E-state index in [-0.39, 0.29) is 0 Å². The van der Waals surface area contributed by atoms with Crippen molar-refractivity contribution < 1.29 is 14.0 Å². The summed E-state index contributed by atoms with van der Waals surface area (Å²) in [5.41, 5.74) is 1.55. The first-order chi connectivity index (χ1) is 18.1. The molecule has 2 aliphatic heterocycles. The lowest BCUT2D eigenvalue weighted by Gasteiger charge is -2.39. The van der Waals surface area contributed by atoms with E-state index in [1.165, 1.54) is 25.7 Å². The Morgan fingerprint density at radius 2 is 1.86 bits per heavy atom. The summed E-state index contributed by atoms with van der Waals surface area (Å²) in [6.45, 7) is 3.43. The minimum atomic E-state index is -2.47. The number of benzene rings is 1. The van der Waals surface area contributed by atoms with Gasteiger partial charge in [0.15, 0.2) is 0 Å². The van der Waals surface area contributed by atoms with Crippen LogP contribution in [-0.4, -0.2) is 77.7 Å². The smallest absolute Gasteiger partial charge is 0.231 e. The molecular formula is C27H37N6O3P. The third-order valence-corrected chi connectivity index (χ3v) is 11.3. The standard InChI is InChI=1S/C27H37N6O3P/c1-35-24-18-21(37(34)16-12-33(13-17-37)20-9-14-36-15-10-20)6-7-23(24)30-27-31-25-22(8-11-28-25)26(32-27)29-19-4-2-3-5-19/h6-8,11,18-20H,2-5,9-10,12-17H2,1H3,(H3,28,29,30,31,32). The predicted octanol–water partition coefficient (Wildman–Crippen LogP) is 4.55. The molecule has 0 atom stereocenters. The second-order valence-corrected chi connectivity index (χ2v) is 13.7. The molecule has 9 nitrogen and oxygen atoms in total. The van der Waals surface area contributed by atoms with Crippen molar-refractivity contribution in [2.45, 2.75) is 50.6 Å². The number of methoxy groups -OCH3 is 1. The van der Waals surface area contributed by atoms with Crippen LogP contribution in [-0.2, 0) is 9.30 Å². The molecule has 0 spiro atoms. The van der Waals surface area contributed by atoms with Gasteiger partial charge in [-0.25, -0.2) is 0 Å². The Labute approximate surface area is 218 Å². The van der Waals surface area contributed by atoms with Crippen LogP contribution in [0.15, 0.2) is 30.5 Å². The van der Waals surface area contributed by atoms with Gasteiger partial charge in [-0.1, -0.05) is 12.8 Å². The number of H-pyrrole nitrogens is 1. The summed E-state index contributed by atoms with van der Waals surface area (Å²) in [6.07, 6.45) is 10.3. The van der Waals surface area contributed by atoms with Gasteiger partial charge in [-0.3, -0.25) is 4.90 Å². The molecule has 3 aliphatic rings. The first-order valence-electron chi connectivity index (χ1n) is 13.6. The van der Waals surface area contributed by atoms with E-state index in [1.54, 1.807) is 7.11 Å². The molecule has 3 N–H and O–H groups in total. The number of hydrogen-bond acceptors (Lipinski definition) is 8. The molecule has 0 radical (unpaired) electrons. The molecule has 3 fully saturated rings. The van der Waals surface area contributed by atoms with Gasteiger partial charge in [-0.2, -0.15) is 9.97 Å². The molecule has 1 aromatic carbocycles. The highest BCUT2D eigenvalue weighted by Crippen LogP contribution is 2.48. The normalized spacial score (nSPS) is 21.3. The van der Waals surface area contributed by atoms with Gasteiger partial charge >= 0.3 is 0 Å². The molecule has 3 aromatic rings. The lowest BCUT2D eigenvalue weighted by atomic mass is 10.1. The summed E-state index contributed by atoms with van der Waals surface area (Å²) >= 11 is 0. The largest absolute Gasteiger partial charge is 0.495 e. The van der Waals surface area contributed by atoms with Crippen LogP contribution in [0.5, 0.6) is 5.75 Å². The van der Waals surface area contributed by atoms with E-state index in [1.807, 2.05) is 30.5 Å². The first kappa shape index (κ1) is 24.7. The van der Waals surface area contributed by atoms with Crippen molar-refractivity contribution >= 4 is 40.9 Å². The number of ether oxygens (including phenoxy) is 2. The van der Waals surface area contributed by atoms with Crippen LogP contribution in [0.2, 0.25) is 0 Å². The number of rotatable bonds is 7. The molecular weight excluding hydrogens is 487 g/mol. The Kier molecular flexibility index (Phi) is 7.10. The molecule has 1 aliphatic carbocycles.